The number of amides is 2. The van der Waals surface area contributed by atoms with Crippen molar-refractivity contribution in [2.75, 3.05) is 39.6 Å². The lowest BCUT2D eigenvalue weighted by Gasteiger charge is -2.18. The Morgan fingerprint density at radius 2 is 1.34 bits per heavy atom. The van der Waals surface area contributed by atoms with Crippen LogP contribution in [0.25, 0.3) is 0 Å². The molecule has 8 atom stereocenters. The topological polar surface area (TPSA) is 237 Å². The number of unbranched alkanes of at least 4 members (excludes halogenated alkanes) is 13. The van der Waals surface area contributed by atoms with Crippen molar-refractivity contribution in [1.82, 2.24) is 10.6 Å². The molecule has 1 aromatic carbocycles. The lowest BCUT2D eigenvalue weighted by molar-refractivity contribution is -0.130. The van der Waals surface area contributed by atoms with Crippen LogP contribution in [0.3, 0.4) is 0 Å². The highest BCUT2D eigenvalue weighted by Gasteiger charge is 2.43. The van der Waals surface area contributed by atoms with E-state index in [1.807, 2.05) is 0 Å². The Hall–Kier alpha value is -2.40. The van der Waals surface area contributed by atoms with Gasteiger partial charge in [0.1, 0.15) is 24.6 Å². The smallest absolute Gasteiger partial charge is 0.248 e. The third kappa shape index (κ3) is 25.9. The Balaban J connectivity index is 1.39. The normalized spacial score (nSPS) is 18.1. The molecule has 0 bridgehead atoms. The van der Waals surface area contributed by atoms with Crippen molar-refractivity contribution in [1.29, 1.82) is 0 Å². The SMILES string of the molecule is CCC(=O)N[C@@H](CO)COc1ccc([C@@H](O)CNC(=O)[C@@H](O)CCC[C@H](O)[C@H]2O[C@H]2CCCCCCC[C@H](O)CCCCCCCCCCCCOC[C@@H](N)CO)cc1. The zero-order chi connectivity index (χ0) is 43.1. The van der Waals surface area contributed by atoms with Crippen LogP contribution in [-0.4, -0.2) is 125 Å². The maximum absolute atomic E-state index is 12.4. The minimum Gasteiger partial charge on any atom is -0.491 e. The maximum Gasteiger partial charge on any atom is 0.248 e. The van der Waals surface area contributed by atoms with Crippen molar-refractivity contribution in [2.24, 2.45) is 5.73 Å². The van der Waals surface area contributed by atoms with Crippen LogP contribution in [0.15, 0.2) is 24.3 Å². The zero-order valence-electron chi connectivity index (χ0n) is 36.0. The van der Waals surface area contributed by atoms with Gasteiger partial charge in [-0.15, -0.1) is 0 Å². The second kappa shape index (κ2) is 33.3. The van der Waals surface area contributed by atoms with E-state index in [0.717, 1.165) is 70.8 Å². The first-order valence-electron chi connectivity index (χ1n) is 22.8. The average molecular weight is 840 g/mol. The van der Waals surface area contributed by atoms with Gasteiger partial charge in [-0.3, -0.25) is 9.59 Å². The highest BCUT2D eigenvalue weighted by molar-refractivity contribution is 5.80. The summed E-state index contributed by atoms with van der Waals surface area (Å²) in [5.41, 5.74) is 6.16. The number of benzene rings is 1. The summed E-state index contributed by atoms with van der Waals surface area (Å²) in [5.74, 6) is -0.268. The predicted octanol–water partition coefficient (Wildman–Crippen LogP) is 4.48. The molecule has 0 aliphatic carbocycles. The molecular formula is C45H81N3O11. The molecule has 0 unspecified atom stereocenters. The Morgan fingerprint density at radius 1 is 0.746 bits per heavy atom. The summed E-state index contributed by atoms with van der Waals surface area (Å²) >= 11 is 0. The molecule has 1 aliphatic heterocycles. The highest BCUT2D eigenvalue weighted by atomic mass is 16.6. The van der Waals surface area contributed by atoms with Crippen molar-refractivity contribution >= 4 is 11.8 Å². The van der Waals surface area contributed by atoms with Gasteiger partial charge in [0.2, 0.25) is 11.8 Å². The molecule has 0 spiro atoms. The minimum absolute atomic E-state index is 0.0298. The van der Waals surface area contributed by atoms with Crippen LogP contribution in [0, 0.1) is 0 Å². The number of aliphatic hydroxyl groups is 6. The fraction of sp³-hybridized carbons (Fsp3) is 0.822. The number of hydrogen-bond donors (Lipinski definition) is 9. The Kier molecular flexibility index (Phi) is 29.7. The van der Waals surface area contributed by atoms with Crippen LogP contribution >= 0.6 is 0 Å². The molecule has 0 radical (unpaired) electrons. The van der Waals surface area contributed by atoms with E-state index in [9.17, 15) is 35.1 Å². The van der Waals surface area contributed by atoms with E-state index in [2.05, 4.69) is 10.6 Å². The summed E-state index contributed by atoms with van der Waals surface area (Å²) in [5, 5.41) is 65.3. The van der Waals surface area contributed by atoms with E-state index in [-0.39, 0.29) is 63.0 Å². The number of epoxide rings is 1. The molecule has 2 amide bonds. The molecule has 10 N–H and O–H groups in total. The molecular weight excluding hydrogens is 759 g/mol. The Labute approximate surface area is 354 Å². The largest absolute Gasteiger partial charge is 0.491 e. The summed E-state index contributed by atoms with van der Waals surface area (Å²) in [4.78, 5) is 24.0. The standard InChI is InChI=1S/C45H81N3O11/c1-2-43(55)48-36(31-50)33-58-38-26-24-34(25-27-38)41(54)29-47-45(56)40(53)22-18-21-39(52)44-42(59-44)23-16-12-9-11-15-20-37(51)19-14-10-7-5-3-4-6-8-13-17-28-57-32-35(46)30-49/h24-27,35-37,39-42,44,49-54H,2-23,28-33,46H2,1H3,(H,47,56)(H,48,55)/t35-,36-,37+,39-,40-,41-,42-,44+/m0/s1. The van der Waals surface area contributed by atoms with E-state index >= 15 is 0 Å². The van der Waals surface area contributed by atoms with Gasteiger partial charge in [0, 0.05) is 19.6 Å². The van der Waals surface area contributed by atoms with Crippen molar-refractivity contribution in [3.05, 3.63) is 29.8 Å². The van der Waals surface area contributed by atoms with E-state index < -0.39 is 30.3 Å². The summed E-state index contributed by atoms with van der Waals surface area (Å²) in [6.45, 7) is 2.60. The van der Waals surface area contributed by atoms with Gasteiger partial charge in [-0.1, -0.05) is 109 Å². The quantitative estimate of drug-likeness (QED) is 0.0330. The number of rotatable bonds is 39. The van der Waals surface area contributed by atoms with E-state index in [1.54, 1.807) is 31.2 Å². The predicted molar refractivity (Wildman–Crippen MR) is 229 cm³/mol. The average Bonchev–Trinajstić information content (AvgIpc) is 4.03. The summed E-state index contributed by atoms with van der Waals surface area (Å²) < 4.78 is 16.8. The summed E-state index contributed by atoms with van der Waals surface area (Å²) in [6, 6.07) is 5.80. The van der Waals surface area contributed by atoms with Gasteiger partial charge in [-0.2, -0.15) is 0 Å². The fourth-order valence-electron chi connectivity index (χ4n) is 7.11. The monoisotopic (exact) mass is 840 g/mol. The summed E-state index contributed by atoms with van der Waals surface area (Å²) in [6.07, 6.45) is 18.5. The van der Waals surface area contributed by atoms with E-state index in [0.29, 0.717) is 37.2 Å². The lowest BCUT2D eigenvalue weighted by Crippen LogP contribution is -2.41. The van der Waals surface area contributed by atoms with Gasteiger partial charge in [0.15, 0.2) is 0 Å². The summed E-state index contributed by atoms with van der Waals surface area (Å²) in [7, 11) is 0. The molecule has 2 rings (SSSR count). The first-order valence-corrected chi connectivity index (χ1v) is 22.8. The van der Waals surface area contributed by atoms with Gasteiger partial charge in [-0.05, 0) is 62.6 Å². The molecule has 0 saturated carbocycles. The fourth-order valence-corrected chi connectivity index (χ4v) is 7.11. The zero-order valence-corrected chi connectivity index (χ0v) is 36.0. The molecule has 342 valence electrons. The van der Waals surface area contributed by atoms with E-state index in [4.69, 9.17) is 25.1 Å². The number of nitrogens with two attached hydrogens (primary N) is 1. The Morgan fingerprint density at radius 3 is 1.93 bits per heavy atom. The second-order valence-corrected chi connectivity index (χ2v) is 16.4. The maximum atomic E-state index is 12.4. The van der Waals surface area contributed by atoms with Crippen LogP contribution in [-0.2, 0) is 19.1 Å². The second-order valence-electron chi connectivity index (χ2n) is 16.4. The number of carbonyl (C=O) groups is 2. The van der Waals surface area contributed by atoms with Crippen LogP contribution < -0.4 is 21.1 Å². The van der Waals surface area contributed by atoms with Crippen molar-refractivity contribution in [3.63, 3.8) is 0 Å². The molecule has 1 fully saturated rings. The molecule has 0 aromatic heterocycles. The first kappa shape index (κ1) is 52.7. The molecule has 14 nitrogen and oxygen atoms in total. The van der Waals surface area contributed by atoms with Crippen molar-refractivity contribution in [2.45, 2.75) is 197 Å². The van der Waals surface area contributed by atoms with Crippen LogP contribution in [0.4, 0.5) is 0 Å². The number of hydrogen-bond acceptors (Lipinski definition) is 12. The van der Waals surface area contributed by atoms with Crippen LogP contribution in [0.1, 0.15) is 160 Å². The molecule has 1 heterocycles. The third-order valence-corrected chi connectivity index (χ3v) is 11.0. The van der Waals surface area contributed by atoms with Crippen LogP contribution in [0.2, 0.25) is 0 Å². The molecule has 1 aromatic rings. The molecule has 1 aliphatic rings. The number of ether oxygens (including phenoxy) is 3. The first-order chi connectivity index (χ1) is 28.6. The van der Waals surface area contributed by atoms with Gasteiger partial charge in [0.05, 0.1) is 56.3 Å². The Bertz CT molecular complexity index is 1200. The highest BCUT2D eigenvalue weighted by Crippen LogP contribution is 2.32. The van der Waals surface area contributed by atoms with Gasteiger partial charge < -0.3 is 61.2 Å². The minimum atomic E-state index is -1.25. The van der Waals surface area contributed by atoms with Gasteiger partial charge in [-0.25, -0.2) is 0 Å². The lowest BCUT2D eigenvalue weighted by atomic mass is 10.0. The molecule has 1 saturated heterocycles. The van der Waals surface area contributed by atoms with Crippen LogP contribution in [0.5, 0.6) is 5.75 Å². The molecule has 14 heteroatoms. The number of aliphatic hydroxyl groups excluding tert-OH is 6. The van der Waals surface area contributed by atoms with Gasteiger partial charge >= 0.3 is 0 Å². The van der Waals surface area contributed by atoms with Gasteiger partial charge in [0.25, 0.3) is 0 Å². The van der Waals surface area contributed by atoms with Crippen molar-refractivity contribution < 1.29 is 54.4 Å². The third-order valence-electron chi connectivity index (χ3n) is 11.0. The number of carbonyl (C=O) groups excluding carboxylic acids is 2. The van der Waals surface area contributed by atoms with Crippen molar-refractivity contribution in [3.8, 4) is 5.75 Å². The number of nitrogens with one attached hydrogen (secondary N) is 2. The van der Waals surface area contributed by atoms with E-state index in [1.165, 1.54) is 51.4 Å². The molecule has 59 heavy (non-hydrogen) atoms.